The van der Waals surface area contributed by atoms with Crippen LogP contribution < -0.4 is 15.2 Å². The van der Waals surface area contributed by atoms with Gasteiger partial charge in [0.25, 0.3) is 0 Å². The van der Waals surface area contributed by atoms with Crippen LogP contribution in [0.3, 0.4) is 0 Å². The van der Waals surface area contributed by atoms with Gasteiger partial charge in [-0.15, -0.1) is 0 Å². The SMILES string of the molecule is COc1ccc(COc2ccc(Br)cc2C(C)N)cc1F. The van der Waals surface area contributed by atoms with Crippen LogP contribution in [0.2, 0.25) is 0 Å². The van der Waals surface area contributed by atoms with Crippen LogP contribution in [0.1, 0.15) is 24.1 Å². The third kappa shape index (κ3) is 3.95. The summed E-state index contributed by atoms with van der Waals surface area (Å²) in [6.07, 6.45) is 0. The number of rotatable bonds is 5. The van der Waals surface area contributed by atoms with Gasteiger partial charge in [0, 0.05) is 16.1 Å². The van der Waals surface area contributed by atoms with Gasteiger partial charge in [-0.25, -0.2) is 4.39 Å². The van der Waals surface area contributed by atoms with Crippen LogP contribution in [0, 0.1) is 5.82 Å². The van der Waals surface area contributed by atoms with Crippen LogP contribution in [0.4, 0.5) is 4.39 Å². The number of hydrogen-bond donors (Lipinski definition) is 1. The lowest BCUT2D eigenvalue weighted by atomic mass is 10.1. The molecule has 0 saturated heterocycles. The Morgan fingerprint density at radius 1 is 1.19 bits per heavy atom. The fraction of sp³-hybridized carbons (Fsp3) is 0.250. The highest BCUT2D eigenvalue weighted by Crippen LogP contribution is 2.28. The Balaban J connectivity index is 2.15. The van der Waals surface area contributed by atoms with Gasteiger partial charge in [-0.3, -0.25) is 0 Å². The molecule has 2 aromatic rings. The minimum absolute atomic E-state index is 0.148. The van der Waals surface area contributed by atoms with E-state index in [2.05, 4.69) is 15.9 Å². The summed E-state index contributed by atoms with van der Waals surface area (Å²) in [7, 11) is 1.44. The highest BCUT2D eigenvalue weighted by molar-refractivity contribution is 9.10. The van der Waals surface area contributed by atoms with Gasteiger partial charge in [-0.1, -0.05) is 22.0 Å². The van der Waals surface area contributed by atoms with Crippen molar-refractivity contribution in [1.82, 2.24) is 0 Å². The highest BCUT2D eigenvalue weighted by Gasteiger charge is 2.10. The van der Waals surface area contributed by atoms with Gasteiger partial charge in [0.05, 0.1) is 7.11 Å². The maximum Gasteiger partial charge on any atom is 0.165 e. The van der Waals surface area contributed by atoms with Gasteiger partial charge in [0.15, 0.2) is 11.6 Å². The molecule has 21 heavy (non-hydrogen) atoms. The minimum atomic E-state index is -0.401. The van der Waals surface area contributed by atoms with Crippen molar-refractivity contribution < 1.29 is 13.9 Å². The quantitative estimate of drug-likeness (QED) is 0.876. The Labute approximate surface area is 132 Å². The van der Waals surface area contributed by atoms with Crippen molar-refractivity contribution in [3.63, 3.8) is 0 Å². The van der Waals surface area contributed by atoms with Gasteiger partial charge in [0.1, 0.15) is 12.4 Å². The molecule has 0 bridgehead atoms. The molecule has 0 saturated carbocycles. The van der Waals surface area contributed by atoms with E-state index in [1.54, 1.807) is 12.1 Å². The number of hydrogen-bond acceptors (Lipinski definition) is 3. The molecule has 0 aromatic heterocycles. The fourth-order valence-electron chi connectivity index (χ4n) is 1.97. The zero-order valence-electron chi connectivity index (χ0n) is 11.9. The molecule has 0 spiro atoms. The van der Waals surface area contributed by atoms with E-state index in [0.717, 1.165) is 15.6 Å². The summed E-state index contributed by atoms with van der Waals surface area (Å²) in [5.74, 6) is 0.518. The predicted molar refractivity (Wildman–Crippen MR) is 84.0 cm³/mol. The lowest BCUT2D eigenvalue weighted by Crippen LogP contribution is -2.08. The molecule has 2 N–H and O–H groups in total. The van der Waals surface area contributed by atoms with Crippen molar-refractivity contribution in [2.45, 2.75) is 19.6 Å². The van der Waals surface area contributed by atoms with E-state index in [4.69, 9.17) is 15.2 Å². The monoisotopic (exact) mass is 353 g/mol. The maximum atomic E-state index is 13.6. The van der Waals surface area contributed by atoms with Crippen molar-refractivity contribution in [2.75, 3.05) is 7.11 Å². The van der Waals surface area contributed by atoms with Gasteiger partial charge in [-0.05, 0) is 42.8 Å². The van der Waals surface area contributed by atoms with E-state index in [0.29, 0.717) is 5.75 Å². The molecule has 2 rings (SSSR count). The van der Waals surface area contributed by atoms with E-state index in [-0.39, 0.29) is 18.4 Å². The van der Waals surface area contributed by atoms with Gasteiger partial charge in [-0.2, -0.15) is 0 Å². The molecule has 0 fully saturated rings. The van der Waals surface area contributed by atoms with Crippen molar-refractivity contribution in [2.24, 2.45) is 5.73 Å². The summed E-state index contributed by atoms with van der Waals surface area (Å²) in [6, 6.07) is 10.3. The first kappa shape index (κ1) is 15.8. The average Bonchev–Trinajstić information content (AvgIpc) is 2.46. The van der Waals surface area contributed by atoms with Crippen LogP contribution in [-0.4, -0.2) is 7.11 Å². The Morgan fingerprint density at radius 3 is 2.52 bits per heavy atom. The zero-order valence-corrected chi connectivity index (χ0v) is 13.5. The third-order valence-corrected chi connectivity index (χ3v) is 3.57. The summed E-state index contributed by atoms with van der Waals surface area (Å²) in [5, 5.41) is 0. The summed E-state index contributed by atoms with van der Waals surface area (Å²) >= 11 is 3.41. The van der Waals surface area contributed by atoms with E-state index < -0.39 is 5.82 Å². The Bertz CT molecular complexity index is 632. The summed E-state index contributed by atoms with van der Waals surface area (Å²) in [4.78, 5) is 0. The van der Waals surface area contributed by atoms with Gasteiger partial charge in [0.2, 0.25) is 0 Å². The molecule has 0 aliphatic rings. The molecule has 5 heteroatoms. The highest BCUT2D eigenvalue weighted by atomic mass is 79.9. The van der Waals surface area contributed by atoms with Crippen molar-refractivity contribution in [3.8, 4) is 11.5 Å². The smallest absolute Gasteiger partial charge is 0.165 e. The van der Waals surface area contributed by atoms with Gasteiger partial charge >= 0.3 is 0 Å². The Kier molecular flexibility index (Phi) is 5.20. The first-order valence-electron chi connectivity index (χ1n) is 6.51. The molecule has 1 atom stereocenters. The number of halogens is 2. The molecule has 1 unspecified atom stereocenters. The topological polar surface area (TPSA) is 44.5 Å². The van der Waals surface area contributed by atoms with E-state index in [1.807, 2.05) is 25.1 Å². The van der Waals surface area contributed by atoms with Gasteiger partial charge < -0.3 is 15.2 Å². The second-order valence-corrected chi connectivity index (χ2v) is 5.64. The maximum absolute atomic E-state index is 13.6. The minimum Gasteiger partial charge on any atom is -0.494 e. The molecule has 0 radical (unpaired) electrons. The second kappa shape index (κ2) is 6.91. The molecule has 2 aromatic carbocycles. The largest absolute Gasteiger partial charge is 0.494 e. The molecular formula is C16H17BrFNO2. The van der Waals surface area contributed by atoms with Crippen molar-refractivity contribution in [3.05, 3.63) is 57.8 Å². The molecule has 0 amide bonds. The molecule has 0 heterocycles. The predicted octanol–water partition coefficient (Wildman–Crippen LogP) is 4.20. The molecule has 112 valence electrons. The van der Waals surface area contributed by atoms with Crippen LogP contribution in [0.25, 0.3) is 0 Å². The zero-order chi connectivity index (χ0) is 15.4. The summed E-state index contributed by atoms with van der Waals surface area (Å²) in [6.45, 7) is 2.16. The average molecular weight is 354 g/mol. The summed E-state index contributed by atoms with van der Waals surface area (Å²) in [5.41, 5.74) is 7.57. The number of methoxy groups -OCH3 is 1. The molecular weight excluding hydrogens is 337 g/mol. The number of ether oxygens (including phenoxy) is 2. The van der Waals surface area contributed by atoms with Crippen LogP contribution in [-0.2, 0) is 6.61 Å². The van der Waals surface area contributed by atoms with E-state index >= 15 is 0 Å². The van der Waals surface area contributed by atoms with Crippen LogP contribution in [0.15, 0.2) is 40.9 Å². The molecule has 0 aliphatic heterocycles. The second-order valence-electron chi connectivity index (χ2n) is 4.73. The standard InChI is InChI=1S/C16H17BrFNO2/c1-10(19)13-8-12(17)4-6-15(13)21-9-11-3-5-16(20-2)14(18)7-11/h3-8,10H,9,19H2,1-2H3. The van der Waals surface area contributed by atoms with Crippen molar-refractivity contribution >= 4 is 15.9 Å². The van der Waals surface area contributed by atoms with E-state index in [1.165, 1.54) is 13.2 Å². The lowest BCUT2D eigenvalue weighted by Gasteiger charge is -2.15. The molecule has 3 nitrogen and oxygen atoms in total. The Morgan fingerprint density at radius 2 is 1.90 bits per heavy atom. The molecule has 0 aliphatic carbocycles. The van der Waals surface area contributed by atoms with Crippen LogP contribution in [0.5, 0.6) is 11.5 Å². The van der Waals surface area contributed by atoms with Crippen LogP contribution >= 0.6 is 15.9 Å². The summed E-state index contributed by atoms with van der Waals surface area (Å²) < 4.78 is 25.2. The first-order valence-corrected chi connectivity index (χ1v) is 7.31. The third-order valence-electron chi connectivity index (χ3n) is 3.07. The fourth-order valence-corrected chi connectivity index (χ4v) is 2.35. The number of nitrogens with two attached hydrogens (primary N) is 1. The normalized spacial score (nSPS) is 12.0. The first-order chi connectivity index (χ1) is 10.0. The van der Waals surface area contributed by atoms with Crippen molar-refractivity contribution in [1.29, 1.82) is 0 Å². The lowest BCUT2D eigenvalue weighted by molar-refractivity contribution is 0.300. The number of benzene rings is 2. The van der Waals surface area contributed by atoms with E-state index in [9.17, 15) is 4.39 Å². The Hall–Kier alpha value is -1.59.